The fourth-order valence-electron chi connectivity index (χ4n) is 1.81. The summed E-state index contributed by atoms with van der Waals surface area (Å²) in [6, 6.07) is 15.1. The number of aromatic nitrogens is 3. The first-order chi connectivity index (χ1) is 10.7. The zero-order valence-electron chi connectivity index (χ0n) is 11.3. The number of nitrogens with zero attached hydrogens (tertiary/aromatic N) is 3. The second-order valence-corrected chi connectivity index (χ2v) is 5.73. The van der Waals surface area contributed by atoms with Crippen molar-refractivity contribution in [1.29, 1.82) is 0 Å². The van der Waals surface area contributed by atoms with E-state index in [4.69, 9.17) is 11.6 Å². The van der Waals surface area contributed by atoms with Crippen LogP contribution in [-0.4, -0.2) is 15.2 Å². The van der Waals surface area contributed by atoms with Crippen molar-refractivity contribution < 1.29 is 0 Å². The van der Waals surface area contributed by atoms with Crippen molar-refractivity contribution in [3.8, 4) is 0 Å². The number of para-hydroxylation sites is 1. The Kier molecular flexibility index (Phi) is 4.50. The van der Waals surface area contributed by atoms with Gasteiger partial charge in [-0.25, -0.2) is 0 Å². The minimum Gasteiger partial charge on any atom is -0.338 e. The topological polar surface area (TPSA) is 62.7 Å². The summed E-state index contributed by atoms with van der Waals surface area (Å²) in [5, 5.41) is 14.7. The summed E-state index contributed by atoms with van der Waals surface area (Å²) in [6.45, 7) is 0. The van der Waals surface area contributed by atoms with E-state index in [1.165, 1.54) is 6.20 Å². The van der Waals surface area contributed by atoms with Crippen LogP contribution in [0.1, 0.15) is 0 Å². The Morgan fingerprint density at radius 3 is 2.68 bits per heavy atom. The molecule has 3 rings (SSSR count). The van der Waals surface area contributed by atoms with E-state index in [1.54, 1.807) is 6.07 Å². The maximum atomic E-state index is 6.11. The second-order valence-electron chi connectivity index (χ2n) is 4.41. The van der Waals surface area contributed by atoms with Gasteiger partial charge in [-0.15, -0.1) is 5.10 Å². The molecule has 110 valence electrons. The number of hydrogen-bond donors (Lipinski definition) is 2. The standard InChI is InChI=1S/C15H11BrClN5/c16-10-4-3-5-11(8-10)19-15-21-14(9-18-22-15)20-13-7-2-1-6-12(13)17/h1-9H,(H2,19,20,21,22). The van der Waals surface area contributed by atoms with Crippen LogP contribution in [0.2, 0.25) is 5.02 Å². The summed E-state index contributed by atoms with van der Waals surface area (Å²) in [6.07, 6.45) is 1.54. The predicted molar refractivity (Wildman–Crippen MR) is 92.0 cm³/mol. The van der Waals surface area contributed by atoms with E-state index < -0.39 is 0 Å². The highest BCUT2D eigenvalue weighted by atomic mass is 79.9. The Labute approximate surface area is 140 Å². The van der Waals surface area contributed by atoms with Crippen molar-refractivity contribution in [3.63, 3.8) is 0 Å². The van der Waals surface area contributed by atoms with Crippen LogP contribution in [0, 0.1) is 0 Å². The molecule has 0 aliphatic rings. The summed E-state index contributed by atoms with van der Waals surface area (Å²) < 4.78 is 0.968. The molecule has 2 N–H and O–H groups in total. The lowest BCUT2D eigenvalue weighted by atomic mass is 10.3. The number of hydrogen-bond acceptors (Lipinski definition) is 5. The van der Waals surface area contributed by atoms with Crippen LogP contribution in [0.3, 0.4) is 0 Å². The molecule has 0 fully saturated rings. The molecule has 0 spiro atoms. The highest BCUT2D eigenvalue weighted by Crippen LogP contribution is 2.24. The summed E-state index contributed by atoms with van der Waals surface area (Å²) in [4.78, 5) is 4.36. The first-order valence-corrected chi connectivity index (χ1v) is 7.62. The fraction of sp³-hybridized carbons (Fsp3) is 0. The molecule has 0 amide bonds. The van der Waals surface area contributed by atoms with Gasteiger partial charge in [0.15, 0.2) is 5.82 Å². The van der Waals surface area contributed by atoms with Gasteiger partial charge >= 0.3 is 0 Å². The smallest absolute Gasteiger partial charge is 0.249 e. The van der Waals surface area contributed by atoms with Gasteiger partial charge < -0.3 is 10.6 Å². The molecule has 0 unspecified atom stereocenters. The highest BCUT2D eigenvalue weighted by Gasteiger charge is 2.04. The van der Waals surface area contributed by atoms with Crippen LogP contribution < -0.4 is 10.6 Å². The number of nitrogens with one attached hydrogen (secondary N) is 2. The molecule has 7 heteroatoms. The zero-order valence-corrected chi connectivity index (χ0v) is 13.6. The van der Waals surface area contributed by atoms with Crippen molar-refractivity contribution in [2.75, 3.05) is 10.6 Å². The first-order valence-electron chi connectivity index (χ1n) is 6.44. The SMILES string of the molecule is Clc1ccccc1Nc1cnnc(Nc2cccc(Br)c2)n1. The average molecular weight is 377 g/mol. The molecular weight excluding hydrogens is 366 g/mol. The average Bonchev–Trinajstić information content (AvgIpc) is 2.50. The predicted octanol–water partition coefficient (Wildman–Crippen LogP) is 4.77. The van der Waals surface area contributed by atoms with E-state index in [2.05, 4.69) is 41.7 Å². The van der Waals surface area contributed by atoms with Gasteiger partial charge in [0.25, 0.3) is 0 Å². The quantitative estimate of drug-likeness (QED) is 0.686. The van der Waals surface area contributed by atoms with Crippen molar-refractivity contribution >= 4 is 50.7 Å². The number of halogens is 2. The molecule has 5 nitrogen and oxygen atoms in total. The third kappa shape index (κ3) is 3.72. The van der Waals surface area contributed by atoms with E-state index in [1.807, 2.05) is 42.5 Å². The second kappa shape index (κ2) is 6.72. The van der Waals surface area contributed by atoms with E-state index >= 15 is 0 Å². The van der Waals surface area contributed by atoms with Crippen LogP contribution >= 0.6 is 27.5 Å². The number of anilines is 4. The molecule has 1 heterocycles. The maximum absolute atomic E-state index is 6.11. The maximum Gasteiger partial charge on any atom is 0.249 e. The molecule has 0 atom stereocenters. The molecule has 0 saturated heterocycles. The summed E-state index contributed by atoms with van der Waals surface area (Å²) >= 11 is 9.53. The van der Waals surface area contributed by atoms with Gasteiger partial charge in [0.1, 0.15) is 0 Å². The summed E-state index contributed by atoms with van der Waals surface area (Å²) in [7, 11) is 0. The monoisotopic (exact) mass is 375 g/mol. The van der Waals surface area contributed by atoms with Gasteiger partial charge in [0.2, 0.25) is 5.95 Å². The van der Waals surface area contributed by atoms with Gasteiger partial charge in [0, 0.05) is 10.2 Å². The minimum absolute atomic E-state index is 0.398. The zero-order chi connectivity index (χ0) is 15.4. The van der Waals surface area contributed by atoms with Gasteiger partial charge in [-0.05, 0) is 30.3 Å². The Balaban J connectivity index is 1.79. The van der Waals surface area contributed by atoms with Gasteiger partial charge in [-0.2, -0.15) is 10.1 Å². The van der Waals surface area contributed by atoms with Crippen molar-refractivity contribution in [1.82, 2.24) is 15.2 Å². The lowest BCUT2D eigenvalue weighted by molar-refractivity contribution is 0.982. The largest absolute Gasteiger partial charge is 0.338 e. The Morgan fingerprint density at radius 1 is 1.00 bits per heavy atom. The van der Waals surface area contributed by atoms with Crippen molar-refractivity contribution in [2.24, 2.45) is 0 Å². The molecule has 22 heavy (non-hydrogen) atoms. The lowest BCUT2D eigenvalue weighted by Gasteiger charge is -2.09. The van der Waals surface area contributed by atoms with E-state index in [0.29, 0.717) is 16.8 Å². The third-order valence-electron chi connectivity index (χ3n) is 2.78. The van der Waals surface area contributed by atoms with E-state index in [0.717, 1.165) is 15.8 Å². The normalized spacial score (nSPS) is 10.3. The van der Waals surface area contributed by atoms with Crippen molar-refractivity contribution in [3.05, 3.63) is 64.2 Å². The Hall–Kier alpha value is -2.18. The first kappa shape index (κ1) is 14.7. The van der Waals surface area contributed by atoms with Gasteiger partial charge in [-0.1, -0.05) is 45.7 Å². The molecule has 1 aromatic heterocycles. The van der Waals surface area contributed by atoms with Crippen LogP contribution in [-0.2, 0) is 0 Å². The Morgan fingerprint density at radius 2 is 1.86 bits per heavy atom. The molecule has 3 aromatic rings. The van der Waals surface area contributed by atoms with Gasteiger partial charge in [0.05, 0.1) is 16.9 Å². The lowest BCUT2D eigenvalue weighted by Crippen LogP contribution is -2.02. The van der Waals surface area contributed by atoms with Crippen LogP contribution in [0.5, 0.6) is 0 Å². The summed E-state index contributed by atoms with van der Waals surface area (Å²) in [5.74, 6) is 0.954. The highest BCUT2D eigenvalue weighted by molar-refractivity contribution is 9.10. The van der Waals surface area contributed by atoms with E-state index in [9.17, 15) is 0 Å². The molecule has 0 aliphatic heterocycles. The molecule has 0 radical (unpaired) electrons. The fourth-order valence-corrected chi connectivity index (χ4v) is 2.39. The number of benzene rings is 2. The molecule has 0 bridgehead atoms. The third-order valence-corrected chi connectivity index (χ3v) is 3.60. The summed E-state index contributed by atoms with van der Waals surface area (Å²) in [5.41, 5.74) is 1.63. The molecular formula is C15H11BrClN5. The van der Waals surface area contributed by atoms with Crippen molar-refractivity contribution in [2.45, 2.75) is 0 Å². The number of rotatable bonds is 4. The Bertz CT molecular complexity index is 796. The molecule has 2 aromatic carbocycles. The van der Waals surface area contributed by atoms with Crippen LogP contribution in [0.25, 0.3) is 0 Å². The molecule has 0 saturated carbocycles. The minimum atomic E-state index is 0.398. The van der Waals surface area contributed by atoms with Crippen LogP contribution in [0.4, 0.5) is 23.1 Å². The van der Waals surface area contributed by atoms with Gasteiger partial charge in [-0.3, -0.25) is 0 Å². The molecule has 0 aliphatic carbocycles. The van der Waals surface area contributed by atoms with Crippen LogP contribution in [0.15, 0.2) is 59.2 Å². The van der Waals surface area contributed by atoms with E-state index in [-0.39, 0.29) is 0 Å².